The number of pyridine rings is 1. The normalized spacial score (nSPS) is 17.1. The first-order valence-corrected chi connectivity index (χ1v) is 8.77. The fraction of sp³-hybridized carbons (Fsp3) is 0.350. The second kappa shape index (κ2) is 6.53. The second-order valence-corrected chi connectivity index (χ2v) is 6.97. The quantitative estimate of drug-likeness (QED) is 0.678. The number of aromatic nitrogens is 3. The van der Waals surface area contributed by atoms with E-state index in [1.807, 2.05) is 31.3 Å². The van der Waals surface area contributed by atoms with Gasteiger partial charge in [-0.3, -0.25) is 9.59 Å². The number of fused-ring (bicyclic) bond motifs is 1. The van der Waals surface area contributed by atoms with Crippen LogP contribution in [-0.4, -0.2) is 33.6 Å². The molecule has 0 saturated carbocycles. The third-order valence-electron chi connectivity index (χ3n) is 4.99. The van der Waals surface area contributed by atoms with Crippen LogP contribution < -0.4 is 5.56 Å². The number of carbonyl (C=O) groups is 1. The maximum absolute atomic E-state index is 12.1. The predicted octanol–water partition coefficient (Wildman–Crippen LogP) is 2.56. The number of imidazole rings is 1. The van der Waals surface area contributed by atoms with Crippen molar-refractivity contribution in [2.24, 2.45) is 13.0 Å². The number of ether oxygens (including phenoxy) is 1. The summed E-state index contributed by atoms with van der Waals surface area (Å²) < 4.78 is 9.27. The zero-order valence-electron chi connectivity index (χ0n) is 14.9. The van der Waals surface area contributed by atoms with Crippen LogP contribution >= 0.6 is 0 Å². The van der Waals surface area contributed by atoms with Gasteiger partial charge in [-0.15, -0.1) is 0 Å². The lowest BCUT2D eigenvalue weighted by atomic mass is 10.1. The van der Waals surface area contributed by atoms with E-state index in [4.69, 9.17) is 9.72 Å². The number of rotatable bonds is 4. The Morgan fingerprint density at radius 1 is 1.35 bits per heavy atom. The van der Waals surface area contributed by atoms with Gasteiger partial charge in [0.05, 0.1) is 17.6 Å². The molecule has 3 aromatic rings. The van der Waals surface area contributed by atoms with Crippen molar-refractivity contribution in [3.05, 3.63) is 51.9 Å². The molecule has 0 N–H and O–H groups in total. The van der Waals surface area contributed by atoms with Crippen molar-refractivity contribution in [2.75, 3.05) is 13.2 Å². The molecule has 1 saturated heterocycles. The molecule has 1 aliphatic heterocycles. The van der Waals surface area contributed by atoms with Crippen molar-refractivity contribution >= 4 is 17.3 Å². The lowest BCUT2D eigenvalue weighted by Crippen LogP contribution is -2.19. The molecule has 2 aromatic heterocycles. The van der Waals surface area contributed by atoms with Crippen LogP contribution in [0.25, 0.3) is 22.4 Å². The van der Waals surface area contributed by atoms with Gasteiger partial charge in [0.2, 0.25) is 0 Å². The van der Waals surface area contributed by atoms with Crippen molar-refractivity contribution in [2.45, 2.75) is 19.9 Å². The van der Waals surface area contributed by atoms with Crippen LogP contribution in [0.2, 0.25) is 0 Å². The topological polar surface area (TPSA) is 66.1 Å². The smallest absolute Gasteiger partial charge is 0.253 e. The molecule has 0 spiro atoms. The molecule has 26 heavy (non-hydrogen) atoms. The highest BCUT2D eigenvalue weighted by atomic mass is 16.5. The number of carbonyl (C=O) groups excluding carboxylic acids is 1. The Morgan fingerprint density at radius 3 is 2.88 bits per heavy atom. The minimum absolute atomic E-state index is 0.0103. The van der Waals surface area contributed by atoms with Crippen LogP contribution in [0.5, 0.6) is 0 Å². The third kappa shape index (κ3) is 2.86. The molecule has 0 radical (unpaired) electrons. The van der Waals surface area contributed by atoms with E-state index in [0.29, 0.717) is 17.0 Å². The van der Waals surface area contributed by atoms with E-state index in [9.17, 15) is 9.59 Å². The monoisotopic (exact) mass is 351 g/mol. The molecule has 1 aliphatic rings. The zero-order chi connectivity index (χ0) is 18.3. The van der Waals surface area contributed by atoms with E-state index in [1.54, 1.807) is 17.7 Å². The molecule has 0 aliphatic carbocycles. The van der Waals surface area contributed by atoms with Gasteiger partial charge in [0.25, 0.3) is 5.56 Å². The van der Waals surface area contributed by atoms with Gasteiger partial charge >= 0.3 is 0 Å². The van der Waals surface area contributed by atoms with Gasteiger partial charge in [-0.2, -0.15) is 0 Å². The lowest BCUT2D eigenvalue weighted by Gasteiger charge is -2.14. The molecular formula is C20H21N3O3. The Balaban J connectivity index is 1.92. The van der Waals surface area contributed by atoms with Crippen molar-refractivity contribution in [3.63, 3.8) is 0 Å². The van der Waals surface area contributed by atoms with E-state index < -0.39 is 0 Å². The van der Waals surface area contributed by atoms with Crippen molar-refractivity contribution in [1.82, 2.24) is 14.1 Å². The Morgan fingerprint density at radius 2 is 2.19 bits per heavy atom. The Hall–Kier alpha value is -2.73. The first kappa shape index (κ1) is 16.7. The molecule has 0 amide bonds. The largest absolute Gasteiger partial charge is 0.381 e. The highest BCUT2D eigenvalue weighted by Gasteiger charge is 2.21. The van der Waals surface area contributed by atoms with Gasteiger partial charge in [0.15, 0.2) is 0 Å². The Bertz CT molecular complexity index is 1020. The second-order valence-electron chi connectivity index (χ2n) is 6.97. The standard InChI is InChI=1S/C20H21N3O3/c1-13-7-16(10-22(2)20(13)25)19-21-17-4-3-14(11-24)8-18(17)23(19)9-15-5-6-26-12-15/h3-4,7-8,10-11,15H,5-6,9,12H2,1-2H3. The van der Waals surface area contributed by atoms with Crippen LogP contribution in [0.1, 0.15) is 22.3 Å². The van der Waals surface area contributed by atoms with Gasteiger partial charge in [0, 0.05) is 49.0 Å². The first-order chi connectivity index (χ1) is 12.6. The molecule has 0 bridgehead atoms. The molecule has 1 atom stereocenters. The summed E-state index contributed by atoms with van der Waals surface area (Å²) in [5.74, 6) is 1.23. The van der Waals surface area contributed by atoms with Crippen molar-refractivity contribution in [1.29, 1.82) is 0 Å². The number of aryl methyl sites for hydroxylation is 2. The van der Waals surface area contributed by atoms with E-state index in [-0.39, 0.29) is 5.56 Å². The highest BCUT2D eigenvalue weighted by Crippen LogP contribution is 2.28. The minimum atomic E-state index is -0.0103. The number of aldehydes is 1. The van der Waals surface area contributed by atoms with Crippen LogP contribution in [0.15, 0.2) is 35.3 Å². The van der Waals surface area contributed by atoms with Crippen molar-refractivity contribution in [3.8, 4) is 11.4 Å². The summed E-state index contributed by atoms with van der Waals surface area (Å²) in [7, 11) is 1.75. The van der Waals surface area contributed by atoms with E-state index >= 15 is 0 Å². The van der Waals surface area contributed by atoms with Gasteiger partial charge in [-0.1, -0.05) is 0 Å². The fourth-order valence-corrected chi connectivity index (χ4v) is 3.60. The molecule has 1 unspecified atom stereocenters. The number of nitrogens with zero attached hydrogens (tertiary/aromatic N) is 3. The molecule has 6 heteroatoms. The fourth-order valence-electron chi connectivity index (χ4n) is 3.60. The average Bonchev–Trinajstić information content (AvgIpc) is 3.27. The molecule has 1 fully saturated rings. The summed E-state index contributed by atoms with van der Waals surface area (Å²) >= 11 is 0. The molecule has 3 heterocycles. The molecule has 1 aromatic carbocycles. The van der Waals surface area contributed by atoms with E-state index in [2.05, 4.69) is 4.57 Å². The van der Waals surface area contributed by atoms with Crippen molar-refractivity contribution < 1.29 is 9.53 Å². The number of benzene rings is 1. The lowest BCUT2D eigenvalue weighted by molar-refractivity contribution is 0.112. The first-order valence-electron chi connectivity index (χ1n) is 8.77. The minimum Gasteiger partial charge on any atom is -0.381 e. The zero-order valence-corrected chi connectivity index (χ0v) is 14.9. The van der Waals surface area contributed by atoms with Crippen LogP contribution in [-0.2, 0) is 18.3 Å². The van der Waals surface area contributed by atoms with Gasteiger partial charge in [-0.25, -0.2) is 4.98 Å². The summed E-state index contributed by atoms with van der Waals surface area (Å²) in [6.07, 6.45) is 3.68. The summed E-state index contributed by atoms with van der Waals surface area (Å²) in [5, 5.41) is 0. The molecule has 6 nitrogen and oxygen atoms in total. The van der Waals surface area contributed by atoms with Gasteiger partial charge in [0.1, 0.15) is 12.1 Å². The summed E-state index contributed by atoms with van der Waals surface area (Å²) in [5.41, 5.74) is 3.97. The maximum Gasteiger partial charge on any atom is 0.253 e. The van der Waals surface area contributed by atoms with Gasteiger partial charge < -0.3 is 13.9 Å². The summed E-state index contributed by atoms with van der Waals surface area (Å²) in [6.45, 7) is 4.11. The van der Waals surface area contributed by atoms with Gasteiger partial charge in [-0.05, 0) is 37.6 Å². The summed E-state index contributed by atoms with van der Waals surface area (Å²) in [6, 6.07) is 7.41. The highest BCUT2D eigenvalue weighted by molar-refractivity contribution is 5.87. The summed E-state index contributed by atoms with van der Waals surface area (Å²) in [4.78, 5) is 28.1. The number of hydrogen-bond donors (Lipinski definition) is 0. The molecule has 4 rings (SSSR count). The van der Waals surface area contributed by atoms with Crippen LogP contribution in [0.4, 0.5) is 0 Å². The number of hydrogen-bond acceptors (Lipinski definition) is 4. The third-order valence-corrected chi connectivity index (χ3v) is 4.99. The average molecular weight is 351 g/mol. The molecular weight excluding hydrogens is 330 g/mol. The molecule has 134 valence electrons. The van der Waals surface area contributed by atoms with E-state index in [0.717, 1.165) is 54.9 Å². The Kier molecular flexibility index (Phi) is 4.20. The maximum atomic E-state index is 12.1. The van der Waals surface area contributed by atoms with Crippen LogP contribution in [0, 0.1) is 12.8 Å². The predicted molar refractivity (Wildman–Crippen MR) is 99.5 cm³/mol. The SMILES string of the molecule is Cc1cc(-c2nc3ccc(C=O)cc3n2CC2CCOC2)cn(C)c1=O. The Labute approximate surface area is 151 Å². The van der Waals surface area contributed by atoms with E-state index in [1.165, 1.54) is 0 Å². The van der Waals surface area contributed by atoms with Crippen LogP contribution in [0.3, 0.4) is 0 Å².